The van der Waals surface area contributed by atoms with E-state index in [1.165, 1.54) is 11.1 Å². The molecule has 0 bridgehead atoms. The fraction of sp³-hybridized carbons (Fsp3) is 0.455. The van der Waals surface area contributed by atoms with Gasteiger partial charge in [-0.2, -0.15) is 0 Å². The van der Waals surface area contributed by atoms with Crippen LogP contribution in [0.5, 0.6) is 11.5 Å². The molecule has 0 amide bonds. The first-order valence-corrected chi connectivity index (χ1v) is 8.85. The summed E-state index contributed by atoms with van der Waals surface area (Å²) in [7, 11) is 0. The van der Waals surface area contributed by atoms with Gasteiger partial charge in [0.25, 0.3) is 0 Å². The van der Waals surface area contributed by atoms with Gasteiger partial charge in [0.1, 0.15) is 24.7 Å². The van der Waals surface area contributed by atoms with E-state index in [-0.39, 0.29) is 0 Å². The standard InChI is InChI=1S/C22H30O2/c1-15(2)19-9-7-17(5)21(13-19)23-11-12-24-22-14-20(16(3)4)10-8-18(22)6/h7-10,13-16H,11-12H2,1-6H3. The Morgan fingerprint density at radius 1 is 0.667 bits per heavy atom. The monoisotopic (exact) mass is 326 g/mol. The molecular weight excluding hydrogens is 296 g/mol. The summed E-state index contributed by atoms with van der Waals surface area (Å²) in [5.74, 6) is 2.92. The van der Waals surface area contributed by atoms with Gasteiger partial charge in [0.15, 0.2) is 0 Å². The minimum absolute atomic E-state index is 0.505. The van der Waals surface area contributed by atoms with Gasteiger partial charge >= 0.3 is 0 Å². The number of ether oxygens (including phenoxy) is 2. The van der Waals surface area contributed by atoms with Crippen LogP contribution in [0.3, 0.4) is 0 Å². The summed E-state index contributed by atoms with van der Waals surface area (Å²) in [5.41, 5.74) is 4.93. The van der Waals surface area contributed by atoms with Crippen LogP contribution in [-0.2, 0) is 0 Å². The summed E-state index contributed by atoms with van der Waals surface area (Å²) in [5, 5.41) is 0. The third-order valence-electron chi connectivity index (χ3n) is 4.36. The van der Waals surface area contributed by atoms with Gasteiger partial charge in [-0.15, -0.1) is 0 Å². The molecule has 2 heteroatoms. The van der Waals surface area contributed by atoms with Crippen LogP contribution in [0.15, 0.2) is 36.4 Å². The van der Waals surface area contributed by atoms with Crippen molar-refractivity contribution in [2.24, 2.45) is 0 Å². The zero-order valence-electron chi connectivity index (χ0n) is 15.8. The predicted octanol–water partition coefficient (Wildman–Crippen LogP) is 6.01. The molecule has 2 aromatic carbocycles. The van der Waals surface area contributed by atoms with Crippen molar-refractivity contribution in [2.75, 3.05) is 13.2 Å². The predicted molar refractivity (Wildman–Crippen MR) is 102 cm³/mol. The maximum atomic E-state index is 5.94. The lowest BCUT2D eigenvalue weighted by molar-refractivity contribution is 0.215. The zero-order chi connectivity index (χ0) is 17.7. The SMILES string of the molecule is Cc1ccc(C(C)C)cc1OCCOc1cc(C(C)C)ccc1C. The average molecular weight is 326 g/mol. The molecule has 0 saturated heterocycles. The van der Waals surface area contributed by atoms with Crippen molar-refractivity contribution in [2.45, 2.75) is 53.4 Å². The first-order chi connectivity index (χ1) is 11.4. The highest BCUT2D eigenvalue weighted by Crippen LogP contribution is 2.25. The Labute approximate surface area is 146 Å². The van der Waals surface area contributed by atoms with Crippen molar-refractivity contribution >= 4 is 0 Å². The smallest absolute Gasteiger partial charge is 0.122 e. The highest BCUT2D eigenvalue weighted by molar-refractivity contribution is 5.38. The lowest BCUT2D eigenvalue weighted by Crippen LogP contribution is -2.10. The van der Waals surface area contributed by atoms with E-state index in [9.17, 15) is 0 Å². The van der Waals surface area contributed by atoms with E-state index in [0.29, 0.717) is 25.0 Å². The van der Waals surface area contributed by atoms with Crippen LogP contribution in [0.25, 0.3) is 0 Å². The quantitative estimate of drug-likeness (QED) is 0.580. The Morgan fingerprint density at radius 2 is 1.04 bits per heavy atom. The van der Waals surface area contributed by atoms with Crippen molar-refractivity contribution in [3.63, 3.8) is 0 Å². The number of rotatable bonds is 7. The average Bonchev–Trinajstić information content (AvgIpc) is 2.54. The first-order valence-electron chi connectivity index (χ1n) is 8.85. The number of aryl methyl sites for hydroxylation is 2. The van der Waals surface area contributed by atoms with E-state index >= 15 is 0 Å². The Kier molecular flexibility index (Phi) is 6.30. The van der Waals surface area contributed by atoms with E-state index in [4.69, 9.17) is 9.47 Å². The van der Waals surface area contributed by atoms with Gasteiger partial charge in [-0.3, -0.25) is 0 Å². The molecule has 2 nitrogen and oxygen atoms in total. The third kappa shape index (κ3) is 4.77. The molecule has 2 aromatic rings. The number of hydrogen-bond acceptors (Lipinski definition) is 2. The summed E-state index contributed by atoms with van der Waals surface area (Å²) >= 11 is 0. The highest BCUT2D eigenvalue weighted by atomic mass is 16.5. The number of hydrogen-bond donors (Lipinski definition) is 0. The van der Waals surface area contributed by atoms with Crippen LogP contribution in [0, 0.1) is 13.8 Å². The summed E-state index contributed by atoms with van der Waals surface area (Å²) in [6.45, 7) is 14.0. The molecule has 0 saturated carbocycles. The molecule has 0 aliphatic rings. The van der Waals surface area contributed by atoms with Crippen LogP contribution < -0.4 is 9.47 Å². The van der Waals surface area contributed by atoms with Gasteiger partial charge < -0.3 is 9.47 Å². The molecule has 0 fully saturated rings. The van der Waals surface area contributed by atoms with Crippen molar-refractivity contribution in [3.8, 4) is 11.5 Å². The molecule has 0 heterocycles. The lowest BCUT2D eigenvalue weighted by atomic mass is 10.0. The second-order valence-corrected chi connectivity index (χ2v) is 7.06. The van der Waals surface area contributed by atoms with E-state index in [2.05, 4.69) is 77.9 Å². The zero-order valence-corrected chi connectivity index (χ0v) is 15.8. The van der Waals surface area contributed by atoms with Crippen LogP contribution in [-0.4, -0.2) is 13.2 Å². The maximum absolute atomic E-state index is 5.94. The van der Waals surface area contributed by atoms with E-state index in [1.807, 2.05) is 0 Å². The molecule has 0 atom stereocenters. The van der Waals surface area contributed by atoms with Crippen LogP contribution >= 0.6 is 0 Å². The second-order valence-electron chi connectivity index (χ2n) is 7.06. The van der Waals surface area contributed by atoms with Gasteiger partial charge in [0.05, 0.1) is 0 Å². The number of benzene rings is 2. The molecule has 0 aliphatic heterocycles. The van der Waals surface area contributed by atoms with Gasteiger partial charge in [0, 0.05) is 0 Å². The third-order valence-corrected chi connectivity index (χ3v) is 4.36. The van der Waals surface area contributed by atoms with Crippen LogP contribution in [0.4, 0.5) is 0 Å². The molecule has 0 radical (unpaired) electrons. The molecule has 2 rings (SSSR count). The van der Waals surface area contributed by atoms with Crippen LogP contribution in [0.1, 0.15) is 61.8 Å². The minimum atomic E-state index is 0.505. The summed E-state index contributed by atoms with van der Waals surface area (Å²) in [6, 6.07) is 12.9. The highest BCUT2D eigenvalue weighted by Gasteiger charge is 2.07. The van der Waals surface area contributed by atoms with Crippen molar-refractivity contribution < 1.29 is 9.47 Å². The van der Waals surface area contributed by atoms with Crippen LogP contribution in [0.2, 0.25) is 0 Å². The van der Waals surface area contributed by atoms with Crippen molar-refractivity contribution in [1.29, 1.82) is 0 Å². The topological polar surface area (TPSA) is 18.5 Å². The molecule has 0 spiro atoms. The van der Waals surface area contributed by atoms with Gasteiger partial charge in [0.2, 0.25) is 0 Å². The lowest BCUT2D eigenvalue weighted by Gasteiger charge is -2.15. The Bertz CT molecular complexity index is 612. The normalized spacial score (nSPS) is 11.2. The van der Waals surface area contributed by atoms with Gasteiger partial charge in [-0.05, 0) is 60.1 Å². The first kappa shape index (κ1) is 18.4. The summed E-state index contributed by atoms with van der Waals surface area (Å²) < 4.78 is 11.9. The maximum Gasteiger partial charge on any atom is 0.122 e. The summed E-state index contributed by atoms with van der Waals surface area (Å²) in [4.78, 5) is 0. The Hall–Kier alpha value is -1.96. The van der Waals surface area contributed by atoms with E-state index in [0.717, 1.165) is 22.6 Å². The van der Waals surface area contributed by atoms with Gasteiger partial charge in [-0.1, -0.05) is 52.0 Å². The van der Waals surface area contributed by atoms with Crippen molar-refractivity contribution in [3.05, 3.63) is 58.7 Å². The second kappa shape index (κ2) is 8.23. The van der Waals surface area contributed by atoms with E-state index < -0.39 is 0 Å². The molecule has 24 heavy (non-hydrogen) atoms. The fourth-order valence-electron chi connectivity index (χ4n) is 2.57. The fourth-order valence-corrected chi connectivity index (χ4v) is 2.57. The molecule has 0 unspecified atom stereocenters. The van der Waals surface area contributed by atoms with E-state index in [1.54, 1.807) is 0 Å². The molecule has 0 N–H and O–H groups in total. The Balaban J connectivity index is 1.94. The summed E-state index contributed by atoms with van der Waals surface area (Å²) in [6.07, 6.45) is 0. The molecule has 0 aromatic heterocycles. The molecule has 130 valence electrons. The Morgan fingerprint density at radius 3 is 1.38 bits per heavy atom. The largest absolute Gasteiger partial charge is 0.490 e. The van der Waals surface area contributed by atoms with Gasteiger partial charge in [-0.25, -0.2) is 0 Å². The molecule has 0 aliphatic carbocycles. The molecular formula is C22H30O2. The minimum Gasteiger partial charge on any atom is -0.490 e. The van der Waals surface area contributed by atoms with Crippen molar-refractivity contribution in [1.82, 2.24) is 0 Å².